The monoisotopic (exact) mass is 457 g/mol. The molecule has 0 fully saturated rings. The SMILES string of the molecule is CCN(Cc1ccccc1)C1=C(c2ccc([N+](=O)[O-])cc2)C(=O)N(c2ccc(OC)cc2)C1=O. The van der Waals surface area contributed by atoms with E-state index in [9.17, 15) is 19.7 Å². The van der Waals surface area contributed by atoms with Crippen molar-refractivity contribution in [2.75, 3.05) is 18.6 Å². The van der Waals surface area contributed by atoms with Crippen molar-refractivity contribution in [1.29, 1.82) is 0 Å². The molecule has 0 atom stereocenters. The van der Waals surface area contributed by atoms with Crippen LogP contribution in [0.25, 0.3) is 5.57 Å². The van der Waals surface area contributed by atoms with Gasteiger partial charge in [0.25, 0.3) is 17.5 Å². The van der Waals surface area contributed by atoms with Gasteiger partial charge in [-0.05, 0) is 54.4 Å². The summed E-state index contributed by atoms with van der Waals surface area (Å²) >= 11 is 0. The molecule has 3 aromatic carbocycles. The van der Waals surface area contributed by atoms with Gasteiger partial charge in [0.2, 0.25) is 0 Å². The number of imide groups is 1. The van der Waals surface area contributed by atoms with E-state index in [2.05, 4.69) is 0 Å². The predicted octanol–water partition coefficient (Wildman–Crippen LogP) is 4.41. The van der Waals surface area contributed by atoms with E-state index in [4.69, 9.17) is 4.74 Å². The van der Waals surface area contributed by atoms with Crippen molar-refractivity contribution in [2.24, 2.45) is 0 Å². The first-order valence-electron chi connectivity index (χ1n) is 10.8. The minimum absolute atomic E-state index is 0.0914. The fourth-order valence-corrected chi connectivity index (χ4v) is 3.94. The van der Waals surface area contributed by atoms with Gasteiger partial charge in [-0.3, -0.25) is 19.7 Å². The Morgan fingerprint density at radius 2 is 1.56 bits per heavy atom. The number of nitrogens with zero attached hydrogens (tertiary/aromatic N) is 3. The van der Waals surface area contributed by atoms with E-state index >= 15 is 0 Å². The molecule has 0 N–H and O–H groups in total. The normalized spacial score (nSPS) is 13.4. The van der Waals surface area contributed by atoms with Gasteiger partial charge in [-0.25, -0.2) is 4.90 Å². The fourth-order valence-electron chi connectivity index (χ4n) is 3.94. The van der Waals surface area contributed by atoms with E-state index in [0.29, 0.717) is 30.1 Å². The van der Waals surface area contributed by atoms with E-state index in [0.717, 1.165) is 10.5 Å². The van der Waals surface area contributed by atoms with Crippen LogP contribution >= 0.6 is 0 Å². The molecule has 0 aromatic heterocycles. The number of hydrogen-bond donors (Lipinski definition) is 0. The summed E-state index contributed by atoms with van der Waals surface area (Å²) in [4.78, 5) is 40.9. The largest absolute Gasteiger partial charge is 0.497 e. The fraction of sp³-hybridized carbons (Fsp3) is 0.154. The highest BCUT2D eigenvalue weighted by Gasteiger charge is 2.42. The molecule has 0 saturated heterocycles. The van der Waals surface area contributed by atoms with Gasteiger partial charge in [0.15, 0.2) is 0 Å². The lowest BCUT2D eigenvalue weighted by Crippen LogP contribution is -2.35. The van der Waals surface area contributed by atoms with Crippen molar-refractivity contribution >= 4 is 28.8 Å². The molecular formula is C26H23N3O5. The first kappa shape index (κ1) is 22.7. The molecule has 8 nitrogen and oxygen atoms in total. The van der Waals surface area contributed by atoms with Crippen molar-refractivity contribution in [1.82, 2.24) is 4.90 Å². The van der Waals surface area contributed by atoms with Crippen LogP contribution in [-0.2, 0) is 16.1 Å². The number of amides is 2. The van der Waals surface area contributed by atoms with Crippen molar-refractivity contribution in [3.8, 4) is 5.75 Å². The van der Waals surface area contributed by atoms with Gasteiger partial charge >= 0.3 is 0 Å². The number of hydrogen-bond acceptors (Lipinski definition) is 6. The zero-order chi connectivity index (χ0) is 24.2. The van der Waals surface area contributed by atoms with Gasteiger partial charge in [0.05, 0.1) is 23.3 Å². The van der Waals surface area contributed by atoms with Crippen molar-refractivity contribution in [3.63, 3.8) is 0 Å². The highest BCUT2D eigenvalue weighted by molar-refractivity contribution is 6.45. The summed E-state index contributed by atoms with van der Waals surface area (Å²) < 4.78 is 5.19. The van der Waals surface area contributed by atoms with Crippen LogP contribution in [0.1, 0.15) is 18.1 Å². The number of anilines is 1. The Labute approximate surface area is 196 Å². The number of nitro groups is 1. The van der Waals surface area contributed by atoms with Gasteiger partial charge in [0.1, 0.15) is 11.4 Å². The molecule has 4 rings (SSSR count). The Kier molecular flexibility index (Phi) is 6.40. The van der Waals surface area contributed by atoms with E-state index in [1.54, 1.807) is 24.3 Å². The van der Waals surface area contributed by atoms with Gasteiger partial charge in [-0.2, -0.15) is 0 Å². The van der Waals surface area contributed by atoms with Gasteiger partial charge < -0.3 is 9.64 Å². The Morgan fingerprint density at radius 3 is 2.12 bits per heavy atom. The summed E-state index contributed by atoms with van der Waals surface area (Å²) in [6.45, 7) is 2.83. The second-order valence-corrected chi connectivity index (χ2v) is 7.67. The maximum Gasteiger partial charge on any atom is 0.282 e. The molecule has 0 unspecified atom stereocenters. The van der Waals surface area contributed by atoms with E-state index in [-0.39, 0.29) is 17.0 Å². The summed E-state index contributed by atoms with van der Waals surface area (Å²) in [5.74, 6) is -0.322. The van der Waals surface area contributed by atoms with Crippen LogP contribution in [0.15, 0.2) is 84.6 Å². The highest BCUT2D eigenvalue weighted by Crippen LogP contribution is 2.36. The third-order valence-electron chi connectivity index (χ3n) is 5.67. The Balaban J connectivity index is 1.81. The summed E-state index contributed by atoms with van der Waals surface area (Å²) in [5, 5.41) is 11.1. The van der Waals surface area contributed by atoms with E-state index in [1.165, 1.54) is 31.4 Å². The number of methoxy groups -OCH3 is 1. The third-order valence-corrected chi connectivity index (χ3v) is 5.67. The zero-order valence-electron chi connectivity index (χ0n) is 18.8. The van der Waals surface area contributed by atoms with Crippen LogP contribution in [0, 0.1) is 10.1 Å². The quantitative estimate of drug-likeness (QED) is 0.283. The molecule has 0 saturated carbocycles. The molecule has 172 valence electrons. The second kappa shape index (κ2) is 9.58. The maximum atomic E-state index is 13.7. The number of non-ortho nitro benzene ring substituents is 1. The predicted molar refractivity (Wildman–Crippen MR) is 128 cm³/mol. The molecule has 0 bridgehead atoms. The van der Waals surface area contributed by atoms with Crippen molar-refractivity contribution < 1.29 is 19.2 Å². The second-order valence-electron chi connectivity index (χ2n) is 7.67. The van der Waals surface area contributed by atoms with Gasteiger partial charge in [-0.1, -0.05) is 30.3 Å². The van der Waals surface area contributed by atoms with Crippen LogP contribution in [0.4, 0.5) is 11.4 Å². The number of ether oxygens (including phenoxy) is 1. The van der Waals surface area contributed by atoms with E-state index in [1.807, 2.05) is 42.2 Å². The van der Waals surface area contributed by atoms with Crippen LogP contribution in [0.3, 0.4) is 0 Å². The summed E-state index contributed by atoms with van der Waals surface area (Å²) in [6, 6.07) is 22.0. The van der Waals surface area contributed by atoms with Crippen molar-refractivity contribution in [2.45, 2.75) is 13.5 Å². The number of likely N-dealkylation sites (N-methyl/N-ethyl adjacent to an activating group) is 1. The standard InChI is InChI=1S/C26H23N3O5/c1-3-27(17-18-7-5-4-6-8-18)24-23(19-9-11-21(12-10-19)29(32)33)25(30)28(26(24)31)20-13-15-22(34-2)16-14-20/h4-16H,3,17H2,1-2H3. The van der Waals surface area contributed by atoms with E-state index < -0.39 is 16.7 Å². The number of rotatable bonds is 8. The Bertz CT molecular complexity index is 1250. The van der Waals surface area contributed by atoms with Crippen LogP contribution < -0.4 is 9.64 Å². The minimum atomic E-state index is -0.502. The number of benzene rings is 3. The molecule has 8 heteroatoms. The van der Waals surface area contributed by atoms with Gasteiger partial charge in [-0.15, -0.1) is 0 Å². The minimum Gasteiger partial charge on any atom is -0.497 e. The van der Waals surface area contributed by atoms with Gasteiger partial charge in [0, 0.05) is 25.2 Å². The molecule has 0 radical (unpaired) electrons. The first-order valence-corrected chi connectivity index (χ1v) is 10.8. The molecule has 0 aliphatic carbocycles. The summed E-state index contributed by atoms with van der Waals surface area (Å²) in [6.07, 6.45) is 0. The average molecular weight is 457 g/mol. The highest BCUT2D eigenvalue weighted by atomic mass is 16.6. The van der Waals surface area contributed by atoms with Crippen LogP contribution in [-0.4, -0.2) is 35.3 Å². The molecular weight excluding hydrogens is 434 g/mol. The lowest BCUT2D eigenvalue weighted by molar-refractivity contribution is -0.384. The molecule has 1 heterocycles. The zero-order valence-corrected chi connectivity index (χ0v) is 18.8. The first-order chi connectivity index (χ1) is 16.4. The number of carbonyl (C=O) groups excluding carboxylic acids is 2. The molecule has 0 spiro atoms. The molecule has 3 aromatic rings. The summed E-state index contributed by atoms with van der Waals surface area (Å²) in [7, 11) is 1.54. The average Bonchev–Trinajstić information content (AvgIpc) is 3.13. The number of carbonyl (C=O) groups is 2. The smallest absolute Gasteiger partial charge is 0.282 e. The molecule has 2 amide bonds. The van der Waals surface area contributed by atoms with Crippen molar-refractivity contribution in [3.05, 3.63) is 106 Å². The molecule has 1 aliphatic rings. The Hall–Kier alpha value is -4.46. The lowest BCUT2D eigenvalue weighted by atomic mass is 10.0. The lowest BCUT2D eigenvalue weighted by Gasteiger charge is -2.25. The van der Waals surface area contributed by atoms with Crippen LogP contribution in [0.2, 0.25) is 0 Å². The van der Waals surface area contributed by atoms with Crippen LogP contribution in [0.5, 0.6) is 5.75 Å². The molecule has 1 aliphatic heterocycles. The maximum absolute atomic E-state index is 13.7. The molecule has 34 heavy (non-hydrogen) atoms. The topological polar surface area (TPSA) is 93.0 Å². The number of nitro benzene ring substituents is 1. The third kappa shape index (κ3) is 4.25. The summed E-state index contributed by atoms with van der Waals surface area (Å²) in [5.41, 5.74) is 2.24. The Morgan fingerprint density at radius 1 is 0.912 bits per heavy atom.